The highest BCUT2D eigenvalue weighted by molar-refractivity contribution is 8.00. The summed E-state index contributed by atoms with van der Waals surface area (Å²) in [5.41, 5.74) is 1.96. The normalized spacial score (nSPS) is 27.7. The molecule has 8 rings (SSSR count). The minimum Gasteiger partial charge on any atom is -0.483 e. The summed E-state index contributed by atoms with van der Waals surface area (Å²) in [6.45, 7) is -0.251. The first-order valence-electron chi connectivity index (χ1n) is 14.6. The van der Waals surface area contributed by atoms with Gasteiger partial charge in [0.05, 0.1) is 32.6 Å². The third-order valence-corrected chi connectivity index (χ3v) is 12.9. The number of halogens is 2. The number of carbonyl (C=O) groups is 3. The molecule has 4 aromatic rings. The van der Waals surface area contributed by atoms with Crippen molar-refractivity contribution >= 4 is 75.4 Å². The van der Waals surface area contributed by atoms with Crippen molar-refractivity contribution in [1.82, 2.24) is 4.98 Å². The fourth-order valence-corrected chi connectivity index (χ4v) is 11.2. The maximum absolute atomic E-state index is 13.9. The Morgan fingerprint density at radius 2 is 1.67 bits per heavy atom. The number of aromatic amines is 1. The molecule has 4 aliphatic rings. The molecule has 45 heavy (non-hydrogen) atoms. The minimum absolute atomic E-state index is 0.00228. The van der Waals surface area contributed by atoms with Crippen LogP contribution in [0, 0.1) is 29.6 Å². The Labute approximate surface area is 276 Å². The third kappa shape index (κ3) is 4.64. The smallest absolute Gasteiger partial charge is 0.305 e. The second-order valence-electron chi connectivity index (χ2n) is 11.8. The highest BCUT2D eigenvalue weighted by Gasteiger charge is 2.69. The Bertz CT molecular complexity index is 1930. The molecular formula is C33H25Cl2N3O5S2. The molecule has 8 nitrogen and oxygen atoms in total. The first-order valence-corrected chi connectivity index (χ1v) is 17.0. The fraction of sp³-hybridized carbons (Fsp3) is 0.273. The number of H-pyrrole nitrogens is 1. The largest absolute Gasteiger partial charge is 0.483 e. The van der Waals surface area contributed by atoms with Crippen molar-refractivity contribution in [3.05, 3.63) is 103 Å². The molecule has 2 aliphatic heterocycles. The summed E-state index contributed by atoms with van der Waals surface area (Å²) in [6.07, 6.45) is 0.780. The van der Waals surface area contributed by atoms with Crippen LogP contribution in [0.15, 0.2) is 82.6 Å². The van der Waals surface area contributed by atoms with E-state index in [1.165, 1.54) is 16.2 Å². The van der Waals surface area contributed by atoms with Gasteiger partial charge in [0.15, 0.2) is 6.61 Å². The molecular weight excluding hydrogens is 653 g/mol. The lowest BCUT2D eigenvalue weighted by Gasteiger charge is -2.43. The number of rotatable bonds is 6. The Kier molecular flexibility index (Phi) is 7.09. The summed E-state index contributed by atoms with van der Waals surface area (Å²) in [4.78, 5) is 58.5. The third-order valence-electron chi connectivity index (χ3n) is 9.55. The van der Waals surface area contributed by atoms with E-state index < -0.39 is 5.92 Å². The topological polar surface area (TPSA) is 109 Å². The molecule has 3 aromatic carbocycles. The van der Waals surface area contributed by atoms with Gasteiger partial charge in [0.1, 0.15) is 5.75 Å². The van der Waals surface area contributed by atoms with E-state index in [2.05, 4.69) is 10.3 Å². The molecule has 2 aliphatic carbocycles. The second-order valence-corrected chi connectivity index (χ2v) is 14.8. The number of benzene rings is 3. The van der Waals surface area contributed by atoms with Crippen LogP contribution in [-0.2, 0) is 14.4 Å². The summed E-state index contributed by atoms with van der Waals surface area (Å²) >= 11 is 14.9. The van der Waals surface area contributed by atoms with Crippen molar-refractivity contribution in [2.45, 2.75) is 22.6 Å². The SMILES string of the molecule is O=C(COc1ccccc1[C@H]1c2sc(=O)[nH]c2SC2C1[C@H]1C[C@@H]2C2C(=O)N(c3ccccc3)C(=O)C21)Nc1ccc(Cl)c(Cl)c1. The Hall–Kier alpha value is -3.57. The zero-order chi connectivity index (χ0) is 31.0. The van der Waals surface area contributed by atoms with E-state index >= 15 is 0 Å². The van der Waals surface area contributed by atoms with E-state index in [1.807, 2.05) is 42.5 Å². The summed E-state index contributed by atoms with van der Waals surface area (Å²) in [5.74, 6) is -1.16. The maximum atomic E-state index is 13.9. The zero-order valence-corrected chi connectivity index (χ0v) is 26.6. The van der Waals surface area contributed by atoms with Gasteiger partial charge in [-0.25, -0.2) is 0 Å². The predicted octanol–water partition coefficient (Wildman–Crippen LogP) is 6.44. The monoisotopic (exact) mass is 677 g/mol. The number of aromatic nitrogens is 1. The van der Waals surface area contributed by atoms with Crippen molar-refractivity contribution in [3.8, 4) is 5.75 Å². The summed E-state index contributed by atoms with van der Waals surface area (Å²) in [6, 6.07) is 21.5. The molecule has 2 saturated carbocycles. The molecule has 1 saturated heterocycles. The van der Waals surface area contributed by atoms with Gasteiger partial charge in [-0.1, -0.05) is 70.9 Å². The molecule has 12 heteroatoms. The number of fused-ring (bicyclic) bond motifs is 9. The van der Waals surface area contributed by atoms with Crippen LogP contribution in [0.5, 0.6) is 5.75 Å². The molecule has 2 N–H and O–H groups in total. The van der Waals surface area contributed by atoms with Crippen LogP contribution >= 0.6 is 46.3 Å². The fourth-order valence-electron chi connectivity index (χ4n) is 7.98. The molecule has 0 spiro atoms. The van der Waals surface area contributed by atoms with Gasteiger partial charge in [0.2, 0.25) is 11.8 Å². The highest BCUT2D eigenvalue weighted by atomic mass is 35.5. The van der Waals surface area contributed by atoms with E-state index in [0.29, 0.717) is 27.2 Å². The van der Waals surface area contributed by atoms with E-state index in [-0.39, 0.29) is 64.0 Å². The number of hydrogen-bond donors (Lipinski definition) is 2. The number of thioether (sulfide) groups is 1. The summed E-state index contributed by atoms with van der Waals surface area (Å²) in [5, 5.41) is 4.34. The number of para-hydroxylation sites is 2. The molecule has 1 aromatic heterocycles. The number of carbonyl (C=O) groups excluding carboxylic acids is 3. The van der Waals surface area contributed by atoms with Gasteiger partial charge in [-0.2, -0.15) is 0 Å². The lowest BCUT2D eigenvalue weighted by Crippen LogP contribution is -2.42. The molecule has 7 atom stereocenters. The number of amides is 3. The molecule has 4 unspecified atom stereocenters. The van der Waals surface area contributed by atoms with E-state index in [4.69, 9.17) is 27.9 Å². The van der Waals surface area contributed by atoms with Gasteiger partial charge < -0.3 is 15.0 Å². The Morgan fingerprint density at radius 1 is 0.933 bits per heavy atom. The van der Waals surface area contributed by atoms with Crippen molar-refractivity contribution in [2.75, 3.05) is 16.8 Å². The first kappa shape index (κ1) is 28.9. The molecule has 3 heterocycles. The van der Waals surface area contributed by atoms with Crippen LogP contribution in [0.2, 0.25) is 10.0 Å². The number of nitrogens with zero attached hydrogens (tertiary/aromatic N) is 1. The van der Waals surface area contributed by atoms with Crippen LogP contribution in [0.3, 0.4) is 0 Å². The van der Waals surface area contributed by atoms with Crippen LogP contribution in [0.1, 0.15) is 22.8 Å². The van der Waals surface area contributed by atoms with E-state index in [1.54, 1.807) is 42.1 Å². The number of anilines is 2. The molecule has 2 bridgehead atoms. The van der Waals surface area contributed by atoms with E-state index in [0.717, 1.165) is 21.9 Å². The molecule has 228 valence electrons. The molecule has 3 fully saturated rings. The summed E-state index contributed by atoms with van der Waals surface area (Å²) < 4.78 is 6.14. The van der Waals surface area contributed by atoms with Crippen molar-refractivity contribution in [2.24, 2.45) is 29.6 Å². The Balaban J connectivity index is 1.12. The first-order chi connectivity index (χ1) is 21.8. The average molecular weight is 679 g/mol. The Morgan fingerprint density at radius 3 is 2.44 bits per heavy atom. The van der Waals surface area contributed by atoms with Gasteiger partial charge in [0, 0.05) is 27.3 Å². The van der Waals surface area contributed by atoms with Crippen molar-refractivity contribution < 1.29 is 19.1 Å². The second kappa shape index (κ2) is 11.0. The number of hydrogen-bond acceptors (Lipinski definition) is 7. The molecule has 3 amide bonds. The zero-order valence-electron chi connectivity index (χ0n) is 23.4. The lowest BCUT2D eigenvalue weighted by atomic mass is 9.68. The summed E-state index contributed by atoms with van der Waals surface area (Å²) in [7, 11) is 0. The van der Waals surface area contributed by atoms with Gasteiger partial charge in [-0.3, -0.25) is 24.1 Å². The van der Waals surface area contributed by atoms with E-state index in [9.17, 15) is 19.2 Å². The maximum Gasteiger partial charge on any atom is 0.305 e. The van der Waals surface area contributed by atoms with Crippen molar-refractivity contribution in [3.63, 3.8) is 0 Å². The van der Waals surface area contributed by atoms with Gasteiger partial charge in [-0.15, -0.1) is 11.8 Å². The van der Waals surface area contributed by atoms with Crippen LogP contribution < -0.4 is 19.8 Å². The highest BCUT2D eigenvalue weighted by Crippen LogP contribution is 2.69. The van der Waals surface area contributed by atoms with Gasteiger partial charge in [-0.05, 0) is 60.6 Å². The van der Waals surface area contributed by atoms with Gasteiger partial charge in [0.25, 0.3) is 5.91 Å². The predicted molar refractivity (Wildman–Crippen MR) is 174 cm³/mol. The molecule has 0 radical (unpaired) electrons. The minimum atomic E-state index is -0.408. The number of imide groups is 1. The van der Waals surface area contributed by atoms with Crippen LogP contribution in [-0.4, -0.2) is 34.6 Å². The van der Waals surface area contributed by atoms with Gasteiger partial charge >= 0.3 is 4.87 Å². The van der Waals surface area contributed by atoms with Crippen LogP contribution in [0.25, 0.3) is 0 Å². The van der Waals surface area contributed by atoms with Crippen LogP contribution in [0.4, 0.5) is 11.4 Å². The number of nitrogens with one attached hydrogen (secondary N) is 2. The quantitative estimate of drug-likeness (QED) is 0.228. The number of ether oxygens (including phenoxy) is 1. The standard InChI is InChI=1S/C33H25Cl2N3O5S2/c34-20-11-10-15(12-21(20)35)36-23(39)14-43-22-9-5-4-8-17(22)24-25-18-13-19(28(25)44-30-29(24)45-33(42)37-30)27-26(18)31(40)38(32(27)41)16-6-2-1-3-7-16/h1-12,18-19,24-28H,13-14H2,(H,36,39)(H,37,42)/t18-,19-,24-,25?,26?,27?,28?/m1/s1. The average Bonchev–Trinajstić information content (AvgIpc) is 3.77. The lowest BCUT2D eigenvalue weighted by molar-refractivity contribution is -0.123. The number of thiazole rings is 1. The van der Waals surface area contributed by atoms with Crippen molar-refractivity contribution in [1.29, 1.82) is 0 Å².